The Morgan fingerprint density at radius 1 is 0.839 bits per heavy atom. The van der Waals surface area contributed by atoms with E-state index in [0.29, 0.717) is 30.5 Å². The van der Waals surface area contributed by atoms with E-state index < -0.39 is 12.2 Å². The second-order valence-corrected chi connectivity index (χ2v) is 9.57. The first-order valence-corrected chi connectivity index (χ1v) is 10.7. The van der Waals surface area contributed by atoms with Crippen molar-refractivity contribution in [3.8, 4) is 11.5 Å². The summed E-state index contributed by atoms with van der Waals surface area (Å²) >= 11 is 0. The number of hydrogen-bond donors (Lipinski definition) is 2. The number of rotatable bonds is 6. The number of hydrogen-bond acceptors (Lipinski definition) is 4. The zero-order valence-electron chi connectivity index (χ0n) is 18.5. The number of ether oxygens (including phenoxy) is 2. The van der Waals surface area contributed by atoms with Gasteiger partial charge in [0.1, 0.15) is 11.5 Å². The van der Waals surface area contributed by atoms with Crippen molar-refractivity contribution < 1.29 is 19.1 Å². The molecule has 1 aliphatic rings. The number of nitrogens with one attached hydrogen (secondary N) is 2. The fourth-order valence-electron chi connectivity index (χ4n) is 4.91. The van der Waals surface area contributed by atoms with Gasteiger partial charge in [0.05, 0.1) is 0 Å². The molecule has 1 saturated carbocycles. The predicted molar refractivity (Wildman–Crippen MR) is 120 cm³/mol. The summed E-state index contributed by atoms with van der Waals surface area (Å²) in [6.45, 7) is 7.72. The highest BCUT2D eigenvalue weighted by molar-refractivity contribution is 5.70. The maximum Gasteiger partial charge on any atom is 0.412 e. The van der Waals surface area contributed by atoms with Crippen LogP contribution >= 0.6 is 0 Å². The van der Waals surface area contributed by atoms with Gasteiger partial charge in [-0.1, -0.05) is 57.2 Å². The molecule has 31 heavy (non-hydrogen) atoms. The van der Waals surface area contributed by atoms with Crippen LogP contribution in [0.3, 0.4) is 0 Å². The Hall–Kier alpha value is -3.02. The third-order valence-corrected chi connectivity index (χ3v) is 5.63. The van der Waals surface area contributed by atoms with Crippen LogP contribution in [0.5, 0.6) is 11.5 Å². The molecule has 0 heterocycles. The van der Waals surface area contributed by atoms with Gasteiger partial charge in [0.15, 0.2) is 0 Å². The van der Waals surface area contributed by atoms with E-state index in [1.165, 1.54) is 0 Å². The summed E-state index contributed by atoms with van der Waals surface area (Å²) in [7, 11) is 0. The fourth-order valence-corrected chi connectivity index (χ4v) is 4.91. The van der Waals surface area contributed by atoms with E-state index in [-0.39, 0.29) is 10.8 Å². The zero-order chi connectivity index (χ0) is 22.3. The molecule has 6 nitrogen and oxygen atoms in total. The van der Waals surface area contributed by atoms with Gasteiger partial charge in [0.25, 0.3) is 0 Å². The van der Waals surface area contributed by atoms with Gasteiger partial charge in [-0.05, 0) is 60.3 Å². The Labute approximate surface area is 184 Å². The molecular weight excluding hydrogens is 392 g/mol. The third-order valence-electron chi connectivity index (χ3n) is 5.63. The molecule has 2 atom stereocenters. The maximum absolute atomic E-state index is 12.2. The van der Waals surface area contributed by atoms with Crippen LogP contribution < -0.4 is 20.1 Å². The van der Waals surface area contributed by atoms with Crippen LogP contribution in [0, 0.1) is 16.7 Å². The molecule has 3 rings (SSSR count). The van der Waals surface area contributed by atoms with Crippen LogP contribution in [-0.4, -0.2) is 25.3 Å². The van der Waals surface area contributed by atoms with Gasteiger partial charge in [0.2, 0.25) is 0 Å². The standard InChI is InChI=1S/C25H32N2O4/c1-24(2)14-19(16-26-22(28)30-20-10-6-4-7-11-20)15-25(3,17-24)18-27-23(29)31-21-12-8-5-9-13-21/h4-13,19H,14-18H2,1-3H3,(H,26,28)(H,27,29). The first-order valence-electron chi connectivity index (χ1n) is 10.7. The fraction of sp³-hybridized carbons (Fsp3) is 0.440. The molecule has 1 aliphatic carbocycles. The highest BCUT2D eigenvalue weighted by Crippen LogP contribution is 2.48. The van der Waals surface area contributed by atoms with Crippen molar-refractivity contribution in [2.75, 3.05) is 13.1 Å². The Morgan fingerprint density at radius 3 is 1.90 bits per heavy atom. The van der Waals surface area contributed by atoms with Crippen LogP contribution in [0.4, 0.5) is 9.59 Å². The van der Waals surface area contributed by atoms with Gasteiger partial charge in [-0.2, -0.15) is 0 Å². The summed E-state index contributed by atoms with van der Waals surface area (Å²) in [5, 5.41) is 5.82. The molecule has 166 valence electrons. The highest BCUT2D eigenvalue weighted by atomic mass is 16.6. The minimum absolute atomic E-state index is 0.0901. The SMILES string of the molecule is CC1(C)CC(CNC(=O)Oc2ccccc2)CC(C)(CNC(=O)Oc2ccccc2)C1. The van der Waals surface area contributed by atoms with Crippen LogP contribution in [0.25, 0.3) is 0 Å². The van der Waals surface area contributed by atoms with E-state index in [1.807, 2.05) is 36.4 Å². The molecule has 0 saturated heterocycles. The molecule has 2 aromatic carbocycles. The van der Waals surface area contributed by atoms with Crippen molar-refractivity contribution >= 4 is 12.2 Å². The number of benzene rings is 2. The van der Waals surface area contributed by atoms with Crippen molar-refractivity contribution in [1.82, 2.24) is 10.6 Å². The van der Waals surface area contributed by atoms with Gasteiger partial charge in [-0.15, -0.1) is 0 Å². The summed E-state index contributed by atoms with van der Waals surface area (Å²) in [5.74, 6) is 1.34. The first kappa shape index (κ1) is 22.7. The first-order chi connectivity index (χ1) is 14.7. The molecule has 0 bridgehead atoms. The summed E-state index contributed by atoms with van der Waals surface area (Å²) < 4.78 is 10.7. The minimum Gasteiger partial charge on any atom is -0.410 e. The molecule has 2 amide bonds. The second-order valence-electron chi connectivity index (χ2n) is 9.57. The van der Waals surface area contributed by atoms with Crippen LogP contribution in [-0.2, 0) is 0 Å². The quantitative estimate of drug-likeness (QED) is 0.651. The lowest BCUT2D eigenvalue weighted by molar-refractivity contribution is 0.0539. The number of para-hydroxylation sites is 2. The van der Waals surface area contributed by atoms with Gasteiger partial charge < -0.3 is 20.1 Å². The smallest absolute Gasteiger partial charge is 0.410 e. The largest absolute Gasteiger partial charge is 0.412 e. The average Bonchev–Trinajstić information content (AvgIpc) is 2.71. The number of carbonyl (C=O) groups is 2. The van der Waals surface area contributed by atoms with E-state index in [0.717, 1.165) is 19.3 Å². The molecule has 1 fully saturated rings. The summed E-state index contributed by atoms with van der Waals surface area (Å²) in [5.41, 5.74) is 0.0147. The summed E-state index contributed by atoms with van der Waals surface area (Å²) in [4.78, 5) is 24.4. The summed E-state index contributed by atoms with van der Waals surface area (Å²) in [6.07, 6.45) is 1.99. The van der Waals surface area contributed by atoms with E-state index in [1.54, 1.807) is 24.3 Å². The van der Waals surface area contributed by atoms with Crippen LogP contribution in [0.15, 0.2) is 60.7 Å². The highest BCUT2D eigenvalue weighted by Gasteiger charge is 2.41. The number of amides is 2. The number of carbonyl (C=O) groups excluding carboxylic acids is 2. The Bertz CT molecular complexity index is 870. The predicted octanol–water partition coefficient (Wildman–Crippen LogP) is 5.40. The van der Waals surface area contributed by atoms with Gasteiger partial charge in [-0.25, -0.2) is 9.59 Å². The van der Waals surface area contributed by atoms with E-state index >= 15 is 0 Å². The molecule has 0 radical (unpaired) electrons. The van der Waals surface area contributed by atoms with Crippen molar-refractivity contribution in [2.45, 2.75) is 40.0 Å². The molecule has 2 N–H and O–H groups in total. The average molecular weight is 425 g/mol. The van der Waals surface area contributed by atoms with E-state index in [2.05, 4.69) is 31.4 Å². The Balaban J connectivity index is 1.51. The normalized spacial score (nSPS) is 22.2. The molecule has 2 unspecified atom stereocenters. The molecular formula is C25H32N2O4. The van der Waals surface area contributed by atoms with Crippen molar-refractivity contribution in [3.63, 3.8) is 0 Å². The zero-order valence-corrected chi connectivity index (χ0v) is 18.5. The second kappa shape index (κ2) is 9.86. The summed E-state index contributed by atoms with van der Waals surface area (Å²) in [6, 6.07) is 18.1. The third kappa shape index (κ3) is 7.31. The van der Waals surface area contributed by atoms with Crippen molar-refractivity contribution in [2.24, 2.45) is 16.7 Å². The van der Waals surface area contributed by atoms with E-state index in [4.69, 9.17) is 9.47 Å². The monoisotopic (exact) mass is 424 g/mol. The molecule has 0 aliphatic heterocycles. The molecule has 0 aromatic heterocycles. The lowest BCUT2D eigenvalue weighted by Gasteiger charge is -2.46. The van der Waals surface area contributed by atoms with Crippen molar-refractivity contribution in [1.29, 1.82) is 0 Å². The van der Waals surface area contributed by atoms with Gasteiger partial charge >= 0.3 is 12.2 Å². The van der Waals surface area contributed by atoms with Gasteiger partial charge in [-0.3, -0.25) is 0 Å². The minimum atomic E-state index is -0.447. The Morgan fingerprint density at radius 2 is 1.35 bits per heavy atom. The van der Waals surface area contributed by atoms with Crippen molar-refractivity contribution in [3.05, 3.63) is 60.7 Å². The Kier molecular flexibility index (Phi) is 7.21. The molecule has 0 spiro atoms. The topological polar surface area (TPSA) is 76.7 Å². The molecule has 6 heteroatoms. The molecule has 2 aromatic rings. The van der Waals surface area contributed by atoms with E-state index in [9.17, 15) is 9.59 Å². The lowest BCUT2D eigenvalue weighted by atomic mass is 9.60. The van der Waals surface area contributed by atoms with Crippen LogP contribution in [0.1, 0.15) is 40.0 Å². The van der Waals surface area contributed by atoms with Gasteiger partial charge in [0, 0.05) is 13.1 Å². The van der Waals surface area contributed by atoms with Crippen LogP contribution in [0.2, 0.25) is 0 Å². The maximum atomic E-state index is 12.2. The lowest BCUT2D eigenvalue weighted by Crippen LogP contribution is -2.46.